The van der Waals surface area contributed by atoms with E-state index in [0.29, 0.717) is 13.0 Å². The first-order chi connectivity index (χ1) is 9.97. The Kier molecular flexibility index (Phi) is 5.22. The highest BCUT2D eigenvalue weighted by Crippen LogP contribution is 2.29. The maximum atomic E-state index is 12.4. The van der Waals surface area contributed by atoms with Crippen LogP contribution in [0.4, 0.5) is 4.79 Å². The normalized spacial score (nSPS) is 15.8. The quantitative estimate of drug-likeness (QED) is 0.813. The summed E-state index contributed by atoms with van der Waals surface area (Å²) in [5.41, 5.74) is 0. The second kappa shape index (κ2) is 6.93. The van der Waals surface area contributed by atoms with E-state index in [1.807, 2.05) is 31.4 Å². The molecule has 1 heterocycles. The van der Waals surface area contributed by atoms with E-state index in [0.717, 1.165) is 17.7 Å². The molecule has 0 bridgehead atoms. The van der Waals surface area contributed by atoms with Crippen molar-refractivity contribution in [1.82, 2.24) is 10.2 Å². The molecule has 0 saturated heterocycles. The minimum absolute atomic E-state index is 0.220. The van der Waals surface area contributed by atoms with Crippen molar-refractivity contribution >= 4 is 23.3 Å². The summed E-state index contributed by atoms with van der Waals surface area (Å²) in [6.45, 7) is 4.46. The number of nitrogens with zero attached hydrogens (tertiary/aromatic N) is 1. The number of aliphatic carboxylic acids is 1. The highest BCUT2D eigenvalue weighted by Gasteiger charge is 2.34. The number of thiophene rings is 1. The second-order valence-electron chi connectivity index (χ2n) is 5.91. The number of urea groups is 1. The summed E-state index contributed by atoms with van der Waals surface area (Å²) >= 11 is 1.61. The van der Waals surface area contributed by atoms with Crippen molar-refractivity contribution in [2.75, 3.05) is 0 Å². The predicted molar refractivity (Wildman–Crippen MR) is 82.3 cm³/mol. The second-order valence-corrected chi connectivity index (χ2v) is 6.94. The average molecular weight is 310 g/mol. The van der Waals surface area contributed by atoms with E-state index in [1.165, 1.54) is 0 Å². The van der Waals surface area contributed by atoms with Crippen LogP contribution in [-0.2, 0) is 11.3 Å². The molecule has 6 heteroatoms. The molecule has 0 radical (unpaired) electrons. The lowest BCUT2D eigenvalue weighted by Gasteiger charge is -2.25. The molecule has 0 aromatic carbocycles. The highest BCUT2D eigenvalue weighted by atomic mass is 32.1. The lowest BCUT2D eigenvalue weighted by Crippen LogP contribution is -2.48. The Balaban J connectivity index is 1.99. The van der Waals surface area contributed by atoms with Gasteiger partial charge in [-0.05, 0) is 36.6 Å². The highest BCUT2D eigenvalue weighted by molar-refractivity contribution is 7.09. The van der Waals surface area contributed by atoms with Crippen molar-refractivity contribution in [3.63, 3.8) is 0 Å². The SMILES string of the molecule is CC(C)CC(NC(=O)N(Cc1cccs1)C1CC1)C(=O)O. The summed E-state index contributed by atoms with van der Waals surface area (Å²) in [5.74, 6) is -0.748. The van der Waals surface area contributed by atoms with E-state index >= 15 is 0 Å². The third-order valence-electron chi connectivity index (χ3n) is 3.46. The topological polar surface area (TPSA) is 69.6 Å². The van der Waals surface area contributed by atoms with Crippen molar-refractivity contribution in [2.45, 2.75) is 51.7 Å². The zero-order chi connectivity index (χ0) is 15.4. The van der Waals surface area contributed by atoms with Gasteiger partial charge in [0.05, 0.1) is 6.54 Å². The van der Waals surface area contributed by atoms with Crippen molar-refractivity contribution in [2.24, 2.45) is 5.92 Å². The van der Waals surface area contributed by atoms with Crippen molar-refractivity contribution in [3.05, 3.63) is 22.4 Å². The Bertz CT molecular complexity index is 483. The van der Waals surface area contributed by atoms with Gasteiger partial charge in [-0.15, -0.1) is 11.3 Å². The maximum absolute atomic E-state index is 12.4. The molecule has 2 rings (SSSR count). The Morgan fingerprint density at radius 1 is 1.48 bits per heavy atom. The van der Waals surface area contributed by atoms with Gasteiger partial charge in [0.25, 0.3) is 0 Å². The maximum Gasteiger partial charge on any atom is 0.326 e. The van der Waals surface area contributed by atoms with Crippen LogP contribution in [0, 0.1) is 5.92 Å². The number of carbonyl (C=O) groups excluding carboxylic acids is 1. The first-order valence-electron chi connectivity index (χ1n) is 7.29. The number of carboxylic acid groups (broad SMARTS) is 1. The van der Waals surface area contributed by atoms with Crippen LogP contribution in [0.5, 0.6) is 0 Å². The van der Waals surface area contributed by atoms with Gasteiger partial charge in [-0.25, -0.2) is 9.59 Å². The van der Waals surface area contributed by atoms with Crippen LogP contribution < -0.4 is 5.32 Å². The number of rotatable bonds is 7. The van der Waals surface area contributed by atoms with Crippen LogP contribution in [0.3, 0.4) is 0 Å². The molecule has 1 unspecified atom stereocenters. The monoisotopic (exact) mass is 310 g/mol. The summed E-state index contributed by atoms with van der Waals surface area (Å²) < 4.78 is 0. The van der Waals surface area contributed by atoms with Crippen LogP contribution in [0.2, 0.25) is 0 Å². The van der Waals surface area contributed by atoms with E-state index in [2.05, 4.69) is 5.32 Å². The number of amides is 2. The molecule has 21 heavy (non-hydrogen) atoms. The molecule has 0 aliphatic heterocycles. The number of hydrogen-bond donors (Lipinski definition) is 2. The van der Waals surface area contributed by atoms with Crippen LogP contribution in [0.25, 0.3) is 0 Å². The Hall–Kier alpha value is -1.56. The average Bonchev–Trinajstić information content (AvgIpc) is 3.11. The molecule has 1 aromatic rings. The Morgan fingerprint density at radius 3 is 2.67 bits per heavy atom. The van der Waals surface area contributed by atoms with Gasteiger partial charge in [0.15, 0.2) is 0 Å². The zero-order valence-corrected chi connectivity index (χ0v) is 13.2. The fourth-order valence-corrected chi connectivity index (χ4v) is 2.95. The van der Waals surface area contributed by atoms with E-state index in [1.54, 1.807) is 16.2 Å². The van der Waals surface area contributed by atoms with Gasteiger partial charge in [0, 0.05) is 10.9 Å². The van der Waals surface area contributed by atoms with Crippen LogP contribution >= 0.6 is 11.3 Å². The lowest BCUT2D eigenvalue weighted by molar-refractivity contribution is -0.139. The molecule has 116 valence electrons. The molecule has 1 fully saturated rings. The molecule has 1 atom stereocenters. The Morgan fingerprint density at radius 2 is 2.19 bits per heavy atom. The minimum atomic E-state index is -0.969. The molecule has 2 amide bonds. The molecule has 1 saturated carbocycles. The summed E-state index contributed by atoms with van der Waals surface area (Å²) in [5, 5.41) is 13.9. The molecule has 1 aliphatic carbocycles. The fourth-order valence-electron chi connectivity index (χ4n) is 2.25. The third-order valence-corrected chi connectivity index (χ3v) is 4.32. The lowest BCUT2D eigenvalue weighted by atomic mass is 10.0. The molecule has 0 spiro atoms. The molecule has 1 aliphatic rings. The predicted octanol–water partition coefficient (Wildman–Crippen LogP) is 2.92. The van der Waals surface area contributed by atoms with Gasteiger partial charge >= 0.3 is 12.0 Å². The van der Waals surface area contributed by atoms with Crippen molar-refractivity contribution in [3.8, 4) is 0 Å². The number of carbonyl (C=O) groups is 2. The van der Waals surface area contributed by atoms with Crippen LogP contribution in [0.1, 0.15) is 38.0 Å². The van der Waals surface area contributed by atoms with E-state index in [-0.39, 0.29) is 18.0 Å². The van der Waals surface area contributed by atoms with E-state index in [9.17, 15) is 14.7 Å². The molecule has 5 nitrogen and oxygen atoms in total. The van der Waals surface area contributed by atoms with Crippen LogP contribution in [-0.4, -0.2) is 34.1 Å². The molecular formula is C15H22N2O3S. The third kappa shape index (κ3) is 4.74. The molecule has 2 N–H and O–H groups in total. The van der Waals surface area contributed by atoms with Gasteiger partial charge in [0.1, 0.15) is 6.04 Å². The largest absolute Gasteiger partial charge is 0.480 e. The molecule has 1 aromatic heterocycles. The summed E-state index contributed by atoms with van der Waals surface area (Å²) in [4.78, 5) is 26.6. The number of nitrogens with one attached hydrogen (secondary N) is 1. The summed E-state index contributed by atoms with van der Waals surface area (Å²) in [6, 6.07) is 3.12. The van der Waals surface area contributed by atoms with E-state index < -0.39 is 12.0 Å². The first-order valence-corrected chi connectivity index (χ1v) is 8.17. The van der Waals surface area contributed by atoms with Gasteiger partial charge in [0.2, 0.25) is 0 Å². The first kappa shape index (κ1) is 15.8. The van der Waals surface area contributed by atoms with Crippen LogP contribution in [0.15, 0.2) is 17.5 Å². The number of carboxylic acids is 1. The summed E-state index contributed by atoms with van der Waals surface area (Å²) in [7, 11) is 0. The summed E-state index contributed by atoms with van der Waals surface area (Å²) in [6.07, 6.45) is 2.44. The van der Waals surface area contributed by atoms with Crippen molar-refractivity contribution in [1.29, 1.82) is 0 Å². The standard InChI is InChI=1S/C15H22N2O3S/c1-10(2)8-13(14(18)19)16-15(20)17(11-5-6-11)9-12-4-3-7-21-12/h3-4,7,10-11,13H,5-6,8-9H2,1-2H3,(H,16,20)(H,18,19). The van der Waals surface area contributed by atoms with E-state index in [4.69, 9.17) is 0 Å². The fraction of sp³-hybridized carbons (Fsp3) is 0.600. The zero-order valence-electron chi connectivity index (χ0n) is 12.4. The van der Waals surface area contributed by atoms with Crippen molar-refractivity contribution < 1.29 is 14.7 Å². The van der Waals surface area contributed by atoms with Gasteiger partial charge in [-0.3, -0.25) is 0 Å². The van der Waals surface area contributed by atoms with Gasteiger partial charge in [-0.2, -0.15) is 0 Å². The van der Waals surface area contributed by atoms with Gasteiger partial charge in [-0.1, -0.05) is 19.9 Å². The Labute approximate surface area is 129 Å². The smallest absolute Gasteiger partial charge is 0.326 e. The van der Waals surface area contributed by atoms with Gasteiger partial charge < -0.3 is 15.3 Å². The number of hydrogen-bond acceptors (Lipinski definition) is 3. The molecular weight excluding hydrogens is 288 g/mol. The minimum Gasteiger partial charge on any atom is -0.480 e.